The van der Waals surface area contributed by atoms with E-state index in [0.717, 1.165) is 9.75 Å². The third kappa shape index (κ3) is 3.75. The van der Waals surface area contributed by atoms with Gasteiger partial charge in [0.05, 0.1) is 17.1 Å². The van der Waals surface area contributed by atoms with Crippen molar-refractivity contribution >= 4 is 39.0 Å². The quantitative estimate of drug-likeness (QED) is 0.574. The van der Waals surface area contributed by atoms with Gasteiger partial charge in [0.2, 0.25) is 5.78 Å². The van der Waals surface area contributed by atoms with Crippen LogP contribution in [0.5, 0.6) is 5.75 Å². The van der Waals surface area contributed by atoms with E-state index in [1.165, 1.54) is 7.11 Å². The summed E-state index contributed by atoms with van der Waals surface area (Å²) in [6.07, 6.45) is 0. The summed E-state index contributed by atoms with van der Waals surface area (Å²) in [6.45, 7) is 3.84. The molecule has 116 valence electrons. The fraction of sp³-hybridized carbons (Fsp3) is 0.250. The normalized spacial score (nSPS) is 10.4. The summed E-state index contributed by atoms with van der Waals surface area (Å²) < 4.78 is 10.8. The molecule has 0 atom stereocenters. The summed E-state index contributed by atoms with van der Waals surface area (Å²) in [6, 6.07) is 6.71. The predicted molar refractivity (Wildman–Crippen MR) is 89.1 cm³/mol. The number of ether oxygens (including phenoxy) is 2. The fourth-order valence-electron chi connectivity index (χ4n) is 1.99. The number of benzene rings is 1. The van der Waals surface area contributed by atoms with Crippen molar-refractivity contribution < 1.29 is 19.1 Å². The van der Waals surface area contributed by atoms with Gasteiger partial charge in [-0.25, -0.2) is 4.79 Å². The van der Waals surface area contributed by atoms with Crippen LogP contribution in [0.1, 0.15) is 30.5 Å². The second-order valence-corrected chi connectivity index (χ2v) is 6.99. The van der Waals surface area contributed by atoms with E-state index in [1.807, 2.05) is 19.9 Å². The molecule has 2 rings (SSSR count). The van der Waals surface area contributed by atoms with E-state index in [-0.39, 0.29) is 12.4 Å². The number of carbonyl (C=O) groups excluding carboxylic acids is 2. The lowest BCUT2D eigenvalue weighted by Gasteiger charge is -2.08. The summed E-state index contributed by atoms with van der Waals surface area (Å²) in [4.78, 5) is 25.7. The topological polar surface area (TPSA) is 52.6 Å². The summed E-state index contributed by atoms with van der Waals surface area (Å²) in [5, 5.41) is 0. The molecule has 0 unspecified atom stereocenters. The molecule has 0 N–H and O–H groups in total. The van der Waals surface area contributed by atoms with E-state index in [2.05, 4.69) is 20.7 Å². The van der Waals surface area contributed by atoms with Crippen molar-refractivity contribution in [2.24, 2.45) is 0 Å². The summed E-state index contributed by atoms with van der Waals surface area (Å²) in [5.74, 6) is 0.0177. The van der Waals surface area contributed by atoms with Crippen LogP contribution in [0.3, 0.4) is 0 Å². The van der Waals surface area contributed by atoms with E-state index in [9.17, 15) is 9.59 Å². The van der Waals surface area contributed by atoms with Gasteiger partial charge in [0.1, 0.15) is 5.75 Å². The number of thiophene rings is 1. The molecular formula is C16H15BrO4S. The van der Waals surface area contributed by atoms with Gasteiger partial charge >= 0.3 is 5.97 Å². The first-order valence-corrected chi connectivity index (χ1v) is 8.14. The minimum atomic E-state index is -0.423. The average molecular weight is 383 g/mol. The first-order valence-electron chi connectivity index (χ1n) is 6.53. The van der Waals surface area contributed by atoms with Crippen molar-refractivity contribution in [2.75, 3.05) is 13.7 Å². The molecule has 0 spiro atoms. The van der Waals surface area contributed by atoms with E-state index >= 15 is 0 Å². The zero-order chi connectivity index (χ0) is 16.3. The highest BCUT2D eigenvalue weighted by atomic mass is 79.9. The molecule has 0 saturated carbocycles. The molecule has 0 fully saturated rings. The minimum absolute atomic E-state index is 0.0484. The highest BCUT2D eigenvalue weighted by Crippen LogP contribution is 2.27. The van der Waals surface area contributed by atoms with Crippen LogP contribution in [0, 0.1) is 13.8 Å². The number of methoxy groups -OCH3 is 1. The number of hydrogen-bond acceptors (Lipinski definition) is 5. The first-order chi connectivity index (χ1) is 10.4. The van der Waals surface area contributed by atoms with Gasteiger partial charge in [-0.05, 0) is 54.0 Å². The molecule has 0 aliphatic rings. The number of rotatable bonds is 5. The molecule has 0 saturated heterocycles. The van der Waals surface area contributed by atoms with Crippen molar-refractivity contribution in [1.82, 2.24) is 0 Å². The lowest BCUT2D eigenvalue weighted by Crippen LogP contribution is -2.12. The van der Waals surface area contributed by atoms with Gasteiger partial charge in [0, 0.05) is 15.3 Å². The maximum Gasteiger partial charge on any atom is 0.337 e. The van der Waals surface area contributed by atoms with Crippen LogP contribution < -0.4 is 4.74 Å². The van der Waals surface area contributed by atoms with Crippen molar-refractivity contribution in [3.05, 3.63) is 49.6 Å². The molecule has 0 amide bonds. The lowest BCUT2D eigenvalue weighted by molar-refractivity contribution is 0.0600. The van der Waals surface area contributed by atoms with Crippen LogP contribution in [-0.4, -0.2) is 25.5 Å². The second kappa shape index (κ2) is 7.07. The molecule has 0 bridgehead atoms. The Morgan fingerprint density at radius 1 is 1.23 bits per heavy atom. The number of Topliss-reactive ketones (excluding diaryl/α,β-unsaturated/α-hetero) is 1. The van der Waals surface area contributed by atoms with E-state index in [0.29, 0.717) is 21.3 Å². The zero-order valence-electron chi connectivity index (χ0n) is 12.4. The third-order valence-corrected chi connectivity index (χ3v) is 4.64. The lowest BCUT2D eigenvalue weighted by atomic mass is 10.2. The van der Waals surface area contributed by atoms with E-state index in [1.54, 1.807) is 29.5 Å². The van der Waals surface area contributed by atoms with Crippen LogP contribution >= 0.6 is 27.3 Å². The largest absolute Gasteiger partial charge is 0.484 e. The van der Waals surface area contributed by atoms with Gasteiger partial charge < -0.3 is 9.47 Å². The minimum Gasteiger partial charge on any atom is -0.484 e. The molecule has 0 aliphatic carbocycles. The van der Waals surface area contributed by atoms with Gasteiger partial charge in [-0.3, -0.25) is 4.79 Å². The Hall–Kier alpha value is -1.66. The van der Waals surface area contributed by atoms with Crippen molar-refractivity contribution in [1.29, 1.82) is 0 Å². The molecule has 0 aliphatic heterocycles. The SMILES string of the molecule is COC(=O)c1ccc(OCC(=O)c2cc(C)sc2C)c(Br)c1. The Bertz CT molecular complexity index is 721. The Labute approximate surface area is 141 Å². The summed E-state index contributed by atoms with van der Waals surface area (Å²) in [5.41, 5.74) is 1.11. The van der Waals surface area contributed by atoms with Crippen LogP contribution in [0.15, 0.2) is 28.7 Å². The number of carbonyl (C=O) groups is 2. The molecule has 4 nitrogen and oxygen atoms in total. The third-order valence-electron chi connectivity index (χ3n) is 3.05. The van der Waals surface area contributed by atoms with Gasteiger partial charge in [-0.15, -0.1) is 11.3 Å². The number of hydrogen-bond donors (Lipinski definition) is 0. The molecule has 6 heteroatoms. The standard InChI is InChI=1S/C16H15BrO4S/c1-9-6-12(10(2)22-9)14(18)8-21-15-5-4-11(7-13(15)17)16(19)20-3/h4-7H,8H2,1-3H3. The van der Waals surface area contributed by atoms with Crippen molar-refractivity contribution in [3.63, 3.8) is 0 Å². The monoisotopic (exact) mass is 382 g/mol. The number of aryl methyl sites for hydroxylation is 2. The Kier molecular flexibility index (Phi) is 5.37. The van der Waals surface area contributed by atoms with Crippen LogP contribution in [-0.2, 0) is 4.74 Å². The number of ketones is 1. The van der Waals surface area contributed by atoms with Crippen LogP contribution in [0.4, 0.5) is 0 Å². The highest BCUT2D eigenvalue weighted by Gasteiger charge is 2.14. The highest BCUT2D eigenvalue weighted by molar-refractivity contribution is 9.10. The predicted octanol–water partition coefficient (Wildman–Crippen LogP) is 4.18. The Balaban J connectivity index is 2.07. The van der Waals surface area contributed by atoms with Gasteiger partial charge in [-0.1, -0.05) is 0 Å². The first kappa shape index (κ1) is 16.7. The van der Waals surface area contributed by atoms with E-state index in [4.69, 9.17) is 4.74 Å². The maximum atomic E-state index is 12.2. The molecule has 1 aromatic heterocycles. The van der Waals surface area contributed by atoms with Crippen LogP contribution in [0.2, 0.25) is 0 Å². The molecule has 22 heavy (non-hydrogen) atoms. The smallest absolute Gasteiger partial charge is 0.337 e. The molecular weight excluding hydrogens is 368 g/mol. The molecule has 1 heterocycles. The molecule has 2 aromatic rings. The van der Waals surface area contributed by atoms with Gasteiger partial charge in [0.15, 0.2) is 6.61 Å². The van der Waals surface area contributed by atoms with Crippen molar-refractivity contribution in [2.45, 2.75) is 13.8 Å². The van der Waals surface area contributed by atoms with Gasteiger partial charge in [0.25, 0.3) is 0 Å². The second-order valence-electron chi connectivity index (χ2n) is 4.68. The fourth-order valence-corrected chi connectivity index (χ4v) is 3.43. The average Bonchev–Trinajstić information content (AvgIpc) is 2.83. The Morgan fingerprint density at radius 3 is 2.50 bits per heavy atom. The van der Waals surface area contributed by atoms with E-state index < -0.39 is 5.97 Å². The maximum absolute atomic E-state index is 12.2. The zero-order valence-corrected chi connectivity index (χ0v) is 14.8. The van der Waals surface area contributed by atoms with Crippen molar-refractivity contribution in [3.8, 4) is 5.75 Å². The number of esters is 1. The Morgan fingerprint density at radius 2 is 1.95 bits per heavy atom. The summed E-state index contributed by atoms with van der Waals surface area (Å²) >= 11 is 4.92. The van der Waals surface area contributed by atoms with Gasteiger partial charge in [-0.2, -0.15) is 0 Å². The summed E-state index contributed by atoms with van der Waals surface area (Å²) in [7, 11) is 1.32. The molecule has 1 aromatic carbocycles. The molecule has 0 radical (unpaired) electrons. The van der Waals surface area contributed by atoms with Crippen LogP contribution in [0.25, 0.3) is 0 Å². The number of halogens is 1.